The smallest absolute Gasteiger partial charge is 0.196 e. The minimum absolute atomic E-state index is 0.0817. The topological polar surface area (TPSA) is 53.5 Å². The van der Waals surface area contributed by atoms with Crippen LogP contribution in [0.3, 0.4) is 0 Å². The van der Waals surface area contributed by atoms with Crippen LogP contribution in [0.15, 0.2) is 42.5 Å². The van der Waals surface area contributed by atoms with Gasteiger partial charge in [-0.2, -0.15) is 0 Å². The van der Waals surface area contributed by atoms with Gasteiger partial charge in [0, 0.05) is 60.0 Å². The summed E-state index contributed by atoms with van der Waals surface area (Å²) in [5.74, 6) is 0.765. The Hall–Kier alpha value is -3.21. The highest BCUT2D eigenvalue weighted by Crippen LogP contribution is 2.38. The molecular weight excluding hydrogens is 398 g/mol. The lowest BCUT2D eigenvalue weighted by Crippen LogP contribution is -2.32. The van der Waals surface area contributed by atoms with Gasteiger partial charge in [-0.05, 0) is 50.7 Å². The molecule has 1 aliphatic carbocycles. The summed E-state index contributed by atoms with van der Waals surface area (Å²) in [6.07, 6.45) is 7.20. The van der Waals surface area contributed by atoms with E-state index in [0.29, 0.717) is 27.8 Å². The molecular formula is C27H27N3O2. The summed E-state index contributed by atoms with van der Waals surface area (Å²) in [6.45, 7) is 4.02. The van der Waals surface area contributed by atoms with Crippen LogP contribution < -0.4 is 9.80 Å². The van der Waals surface area contributed by atoms with Gasteiger partial charge >= 0.3 is 0 Å². The molecule has 6 rings (SSSR count). The molecule has 3 heterocycles. The first-order valence-corrected chi connectivity index (χ1v) is 11.9. The minimum atomic E-state index is -0.0892. The van der Waals surface area contributed by atoms with E-state index in [2.05, 4.69) is 15.9 Å². The molecule has 5 heteroatoms. The third-order valence-corrected chi connectivity index (χ3v) is 7.21. The molecule has 0 atom stereocenters. The molecule has 3 aliphatic rings. The van der Waals surface area contributed by atoms with Crippen LogP contribution in [-0.2, 0) is 0 Å². The SMILES string of the molecule is O=C1c2ccccc2C(=O)c2c1ccc1c(N3CCCCC3)cc(N3CCCCC3)nc21. The predicted molar refractivity (Wildman–Crippen MR) is 127 cm³/mol. The maximum atomic E-state index is 13.6. The first kappa shape index (κ1) is 19.5. The fourth-order valence-electron chi connectivity index (χ4n) is 5.52. The van der Waals surface area contributed by atoms with Crippen LogP contribution in [-0.4, -0.2) is 42.7 Å². The molecule has 0 bridgehead atoms. The molecule has 2 fully saturated rings. The Morgan fingerprint density at radius 3 is 1.97 bits per heavy atom. The molecule has 2 aromatic carbocycles. The van der Waals surface area contributed by atoms with Gasteiger partial charge in [-0.3, -0.25) is 9.59 Å². The monoisotopic (exact) mass is 425 g/mol. The summed E-state index contributed by atoms with van der Waals surface area (Å²) in [7, 11) is 0. The number of carbonyl (C=O) groups excluding carboxylic acids is 2. The van der Waals surface area contributed by atoms with Gasteiger partial charge in [-0.15, -0.1) is 0 Å². The van der Waals surface area contributed by atoms with Gasteiger partial charge < -0.3 is 9.80 Å². The average Bonchev–Trinajstić information content (AvgIpc) is 2.87. The van der Waals surface area contributed by atoms with Crippen LogP contribution in [0.4, 0.5) is 11.5 Å². The molecule has 2 saturated heterocycles. The van der Waals surface area contributed by atoms with Crippen LogP contribution in [0.25, 0.3) is 10.9 Å². The Morgan fingerprint density at radius 1 is 0.656 bits per heavy atom. The molecule has 0 unspecified atom stereocenters. The van der Waals surface area contributed by atoms with E-state index >= 15 is 0 Å². The summed E-state index contributed by atoms with van der Waals surface area (Å²) in [5.41, 5.74) is 3.77. The summed E-state index contributed by atoms with van der Waals surface area (Å²) < 4.78 is 0. The Labute approximate surface area is 188 Å². The molecule has 5 nitrogen and oxygen atoms in total. The van der Waals surface area contributed by atoms with Gasteiger partial charge in [0.15, 0.2) is 11.6 Å². The maximum absolute atomic E-state index is 13.6. The quantitative estimate of drug-likeness (QED) is 0.453. The second-order valence-corrected chi connectivity index (χ2v) is 9.18. The van der Waals surface area contributed by atoms with E-state index in [4.69, 9.17) is 4.98 Å². The maximum Gasteiger partial charge on any atom is 0.196 e. The van der Waals surface area contributed by atoms with Gasteiger partial charge in [0.25, 0.3) is 0 Å². The van der Waals surface area contributed by atoms with Crippen LogP contribution in [0.5, 0.6) is 0 Å². The number of fused-ring (bicyclic) bond motifs is 4. The van der Waals surface area contributed by atoms with Crippen LogP contribution in [0, 0.1) is 0 Å². The van der Waals surface area contributed by atoms with E-state index in [9.17, 15) is 9.59 Å². The normalized spacial score (nSPS) is 18.6. The van der Waals surface area contributed by atoms with Crippen molar-refractivity contribution in [3.8, 4) is 0 Å². The number of anilines is 2. The van der Waals surface area contributed by atoms with Gasteiger partial charge in [0.05, 0.1) is 11.1 Å². The third-order valence-electron chi connectivity index (χ3n) is 7.21. The molecule has 0 spiro atoms. The molecule has 3 aromatic rings. The Bertz CT molecular complexity index is 1240. The highest BCUT2D eigenvalue weighted by Gasteiger charge is 2.32. The Morgan fingerprint density at radius 2 is 1.28 bits per heavy atom. The van der Waals surface area contributed by atoms with Crippen molar-refractivity contribution in [1.29, 1.82) is 0 Å². The number of ketones is 2. The second-order valence-electron chi connectivity index (χ2n) is 9.18. The van der Waals surface area contributed by atoms with E-state index in [0.717, 1.165) is 55.9 Å². The largest absolute Gasteiger partial charge is 0.371 e. The van der Waals surface area contributed by atoms with E-state index < -0.39 is 0 Å². The first-order chi connectivity index (χ1) is 15.7. The molecule has 32 heavy (non-hydrogen) atoms. The lowest BCUT2D eigenvalue weighted by atomic mass is 9.82. The Balaban J connectivity index is 1.60. The lowest BCUT2D eigenvalue weighted by Gasteiger charge is -2.33. The number of aromatic nitrogens is 1. The number of piperidine rings is 2. The zero-order valence-corrected chi connectivity index (χ0v) is 18.3. The van der Waals surface area contributed by atoms with Gasteiger partial charge in [0.2, 0.25) is 0 Å². The number of carbonyl (C=O) groups is 2. The predicted octanol–water partition coefficient (Wildman–Crippen LogP) is 4.99. The summed E-state index contributed by atoms with van der Waals surface area (Å²) in [6, 6.07) is 13.2. The van der Waals surface area contributed by atoms with Crippen LogP contribution in [0.2, 0.25) is 0 Å². The van der Waals surface area contributed by atoms with Gasteiger partial charge in [-0.1, -0.05) is 24.3 Å². The van der Waals surface area contributed by atoms with Crippen LogP contribution in [0.1, 0.15) is 70.4 Å². The molecule has 2 aliphatic heterocycles. The molecule has 0 radical (unpaired) electrons. The van der Waals surface area contributed by atoms with E-state index in [1.807, 2.05) is 24.3 Å². The summed E-state index contributed by atoms with van der Waals surface area (Å²) >= 11 is 0. The lowest BCUT2D eigenvalue weighted by molar-refractivity contribution is 0.0980. The number of rotatable bonds is 2. The van der Waals surface area contributed by atoms with Gasteiger partial charge in [-0.25, -0.2) is 4.98 Å². The highest BCUT2D eigenvalue weighted by molar-refractivity contribution is 6.32. The number of hydrogen-bond donors (Lipinski definition) is 0. The third kappa shape index (κ3) is 3.02. The molecule has 0 amide bonds. The fourth-order valence-corrected chi connectivity index (χ4v) is 5.52. The number of hydrogen-bond acceptors (Lipinski definition) is 5. The fraction of sp³-hybridized carbons (Fsp3) is 0.370. The van der Waals surface area contributed by atoms with Crippen molar-refractivity contribution in [1.82, 2.24) is 4.98 Å². The molecule has 0 saturated carbocycles. The molecule has 0 N–H and O–H groups in total. The van der Waals surface area contributed by atoms with Crippen molar-refractivity contribution < 1.29 is 9.59 Å². The number of pyridine rings is 1. The van der Waals surface area contributed by atoms with Gasteiger partial charge in [0.1, 0.15) is 5.82 Å². The van der Waals surface area contributed by atoms with Crippen LogP contribution >= 0.6 is 0 Å². The van der Waals surface area contributed by atoms with E-state index in [-0.39, 0.29) is 11.6 Å². The van der Waals surface area contributed by atoms with Crippen molar-refractivity contribution in [2.24, 2.45) is 0 Å². The first-order valence-electron chi connectivity index (χ1n) is 11.9. The molecule has 162 valence electrons. The Kier molecular flexibility index (Phi) is 4.71. The zero-order chi connectivity index (χ0) is 21.7. The highest BCUT2D eigenvalue weighted by atomic mass is 16.1. The number of benzene rings is 2. The zero-order valence-electron chi connectivity index (χ0n) is 18.3. The summed E-state index contributed by atoms with van der Waals surface area (Å²) in [5, 5.41) is 0.979. The summed E-state index contributed by atoms with van der Waals surface area (Å²) in [4.78, 5) is 36.7. The average molecular weight is 426 g/mol. The van der Waals surface area contributed by atoms with Crippen molar-refractivity contribution >= 4 is 34.0 Å². The van der Waals surface area contributed by atoms with E-state index in [1.54, 1.807) is 12.1 Å². The van der Waals surface area contributed by atoms with E-state index in [1.165, 1.54) is 25.7 Å². The minimum Gasteiger partial charge on any atom is -0.371 e. The number of nitrogens with zero attached hydrogens (tertiary/aromatic N) is 3. The van der Waals surface area contributed by atoms with Crippen molar-refractivity contribution in [3.05, 3.63) is 64.7 Å². The standard InChI is InChI=1S/C27H27N3O2/c31-26-18-9-3-4-10-19(18)27(32)24-21(26)12-11-20-22(29-13-5-1-6-14-29)17-23(28-25(20)24)30-15-7-2-8-16-30/h3-4,9-12,17H,1-2,5-8,13-16H2. The van der Waals surface area contributed by atoms with Crippen molar-refractivity contribution in [2.75, 3.05) is 36.0 Å². The molecule has 1 aromatic heterocycles. The van der Waals surface area contributed by atoms with Crippen molar-refractivity contribution in [3.63, 3.8) is 0 Å². The second kappa shape index (κ2) is 7.73. The van der Waals surface area contributed by atoms with Crippen molar-refractivity contribution in [2.45, 2.75) is 38.5 Å².